The van der Waals surface area contributed by atoms with E-state index in [1.54, 1.807) is 24.3 Å². The van der Waals surface area contributed by atoms with E-state index in [1.807, 2.05) is 39.0 Å². The fourth-order valence-electron chi connectivity index (χ4n) is 1.97. The summed E-state index contributed by atoms with van der Waals surface area (Å²) < 4.78 is 5.52. The lowest BCUT2D eigenvalue weighted by atomic mass is 10.1. The number of hydrogen-bond donors (Lipinski definition) is 1. The smallest absolute Gasteiger partial charge is 0.255 e. The van der Waals surface area contributed by atoms with Crippen molar-refractivity contribution in [1.29, 1.82) is 0 Å². The van der Waals surface area contributed by atoms with Crippen LogP contribution in [-0.4, -0.2) is 12.5 Å². The van der Waals surface area contributed by atoms with Gasteiger partial charge in [0.05, 0.1) is 0 Å². The number of carbonyl (C=O) groups excluding carboxylic acids is 1. The van der Waals surface area contributed by atoms with Gasteiger partial charge < -0.3 is 10.1 Å². The first kappa shape index (κ1) is 15.8. The molecule has 0 saturated heterocycles. The Balaban J connectivity index is 2.06. The summed E-state index contributed by atoms with van der Waals surface area (Å²) in [6, 6.07) is 13.1. The van der Waals surface area contributed by atoms with Crippen LogP contribution in [0.5, 0.6) is 5.75 Å². The van der Waals surface area contributed by atoms with Gasteiger partial charge >= 0.3 is 0 Å². The van der Waals surface area contributed by atoms with E-state index in [0.29, 0.717) is 12.2 Å². The molecule has 1 N–H and O–H groups in total. The van der Waals surface area contributed by atoms with Gasteiger partial charge in [-0.2, -0.15) is 0 Å². The molecule has 0 unspecified atom stereocenters. The minimum atomic E-state index is -0.125. The number of nitrogens with one attached hydrogen (secondary N) is 1. The van der Waals surface area contributed by atoms with Gasteiger partial charge in [-0.25, -0.2) is 0 Å². The molecule has 2 aromatic carbocycles. The molecule has 3 heteroatoms. The highest BCUT2D eigenvalue weighted by atomic mass is 16.5. The Morgan fingerprint density at radius 3 is 2.45 bits per heavy atom. The summed E-state index contributed by atoms with van der Waals surface area (Å²) >= 11 is 0. The minimum absolute atomic E-state index is 0.125. The summed E-state index contributed by atoms with van der Waals surface area (Å²) in [6.45, 7) is 10.2. The second-order valence-corrected chi connectivity index (χ2v) is 5.54. The topological polar surface area (TPSA) is 38.3 Å². The third-order valence-corrected chi connectivity index (χ3v) is 3.24. The molecule has 1 amide bonds. The standard InChI is InChI=1S/C19H21NO2/c1-13(2)12-22-17-9-7-16(8-10-17)19(21)20-18-11-14(3)5-6-15(18)4/h5-11H,1,12H2,2-4H3,(H,20,21). The Kier molecular flexibility index (Phi) is 4.99. The molecule has 0 bridgehead atoms. The lowest BCUT2D eigenvalue weighted by Gasteiger charge is -2.10. The first-order chi connectivity index (χ1) is 10.5. The Labute approximate surface area is 131 Å². The molecule has 0 fully saturated rings. The molecule has 0 atom stereocenters. The quantitative estimate of drug-likeness (QED) is 0.824. The van der Waals surface area contributed by atoms with E-state index in [-0.39, 0.29) is 5.91 Å². The third kappa shape index (κ3) is 4.22. The highest BCUT2D eigenvalue weighted by Crippen LogP contribution is 2.18. The number of hydrogen-bond acceptors (Lipinski definition) is 2. The number of aryl methyl sites for hydroxylation is 2. The van der Waals surface area contributed by atoms with Crippen molar-refractivity contribution in [3.63, 3.8) is 0 Å². The van der Waals surface area contributed by atoms with Gasteiger partial charge in [0.25, 0.3) is 5.91 Å². The van der Waals surface area contributed by atoms with Gasteiger partial charge in [0, 0.05) is 11.3 Å². The average Bonchev–Trinajstić information content (AvgIpc) is 2.49. The number of anilines is 1. The van der Waals surface area contributed by atoms with E-state index in [0.717, 1.165) is 28.1 Å². The second-order valence-electron chi connectivity index (χ2n) is 5.54. The van der Waals surface area contributed by atoms with Crippen molar-refractivity contribution in [2.75, 3.05) is 11.9 Å². The number of ether oxygens (including phenoxy) is 1. The highest BCUT2D eigenvalue weighted by molar-refractivity contribution is 6.04. The van der Waals surface area contributed by atoms with Crippen LogP contribution < -0.4 is 10.1 Å². The van der Waals surface area contributed by atoms with E-state index in [1.165, 1.54) is 0 Å². The maximum Gasteiger partial charge on any atom is 0.255 e. The van der Waals surface area contributed by atoms with Crippen molar-refractivity contribution in [3.8, 4) is 5.75 Å². The largest absolute Gasteiger partial charge is 0.489 e. The normalized spacial score (nSPS) is 10.1. The molecule has 0 aliphatic carbocycles. The lowest BCUT2D eigenvalue weighted by molar-refractivity contribution is 0.102. The van der Waals surface area contributed by atoms with Crippen LogP contribution in [0.25, 0.3) is 0 Å². The van der Waals surface area contributed by atoms with Gasteiger partial charge in [-0.05, 0) is 67.8 Å². The van der Waals surface area contributed by atoms with Crippen LogP contribution in [0.1, 0.15) is 28.4 Å². The van der Waals surface area contributed by atoms with Crippen LogP contribution in [0.15, 0.2) is 54.6 Å². The fourth-order valence-corrected chi connectivity index (χ4v) is 1.97. The summed E-state index contributed by atoms with van der Waals surface area (Å²) in [4.78, 5) is 12.3. The molecule has 22 heavy (non-hydrogen) atoms. The molecule has 3 nitrogen and oxygen atoms in total. The van der Waals surface area contributed by atoms with Gasteiger partial charge in [0.1, 0.15) is 12.4 Å². The Morgan fingerprint density at radius 1 is 1.14 bits per heavy atom. The monoisotopic (exact) mass is 295 g/mol. The van der Waals surface area contributed by atoms with Crippen LogP contribution in [-0.2, 0) is 0 Å². The maximum atomic E-state index is 12.3. The van der Waals surface area contributed by atoms with E-state index in [4.69, 9.17) is 4.74 Å². The minimum Gasteiger partial charge on any atom is -0.489 e. The Morgan fingerprint density at radius 2 is 1.82 bits per heavy atom. The number of amides is 1. The number of benzene rings is 2. The zero-order valence-corrected chi connectivity index (χ0v) is 13.3. The van der Waals surface area contributed by atoms with Crippen LogP contribution in [0, 0.1) is 13.8 Å². The van der Waals surface area contributed by atoms with Crippen LogP contribution in [0.4, 0.5) is 5.69 Å². The molecular formula is C19H21NO2. The SMILES string of the molecule is C=C(C)COc1ccc(C(=O)Nc2cc(C)ccc2C)cc1. The van der Waals surface area contributed by atoms with E-state index >= 15 is 0 Å². The van der Waals surface area contributed by atoms with Crippen molar-refractivity contribution in [1.82, 2.24) is 0 Å². The maximum absolute atomic E-state index is 12.3. The van der Waals surface area contributed by atoms with E-state index in [9.17, 15) is 4.79 Å². The molecule has 114 valence electrons. The first-order valence-corrected chi connectivity index (χ1v) is 7.21. The Bertz CT molecular complexity index is 687. The lowest BCUT2D eigenvalue weighted by Crippen LogP contribution is -2.12. The number of carbonyl (C=O) groups is 1. The Hall–Kier alpha value is -2.55. The van der Waals surface area contributed by atoms with Crippen molar-refractivity contribution in [2.45, 2.75) is 20.8 Å². The predicted molar refractivity (Wildman–Crippen MR) is 90.6 cm³/mol. The fraction of sp³-hybridized carbons (Fsp3) is 0.211. The predicted octanol–water partition coefficient (Wildman–Crippen LogP) is 4.51. The van der Waals surface area contributed by atoms with Gasteiger partial charge in [-0.1, -0.05) is 18.7 Å². The molecule has 0 aliphatic heterocycles. The second kappa shape index (κ2) is 6.94. The van der Waals surface area contributed by atoms with Gasteiger partial charge in [0.2, 0.25) is 0 Å². The van der Waals surface area contributed by atoms with Gasteiger partial charge in [0.15, 0.2) is 0 Å². The molecule has 0 saturated carbocycles. The zero-order chi connectivity index (χ0) is 16.1. The summed E-state index contributed by atoms with van der Waals surface area (Å²) in [7, 11) is 0. The molecule has 0 aromatic heterocycles. The van der Waals surface area contributed by atoms with Crippen LogP contribution >= 0.6 is 0 Å². The molecule has 0 spiro atoms. The molecule has 0 aliphatic rings. The van der Waals surface area contributed by atoms with Gasteiger partial charge in [-0.3, -0.25) is 4.79 Å². The van der Waals surface area contributed by atoms with Crippen LogP contribution in [0.2, 0.25) is 0 Å². The van der Waals surface area contributed by atoms with Crippen molar-refractivity contribution in [3.05, 3.63) is 71.3 Å². The summed E-state index contributed by atoms with van der Waals surface area (Å²) in [6.07, 6.45) is 0. The highest BCUT2D eigenvalue weighted by Gasteiger charge is 2.08. The zero-order valence-electron chi connectivity index (χ0n) is 13.3. The van der Waals surface area contributed by atoms with Crippen LogP contribution in [0.3, 0.4) is 0 Å². The van der Waals surface area contributed by atoms with Crippen molar-refractivity contribution >= 4 is 11.6 Å². The summed E-state index contributed by atoms with van der Waals surface area (Å²) in [5.41, 5.74) is 4.55. The average molecular weight is 295 g/mol. The summed E-state index contributed by atoms with van der Waals surface area (Å²) in [5.74, 6) is 0.603. The number of rotatable bonds is 5. The van der Waals surface area contributed by atoms with Gasteiger partial charge in [-0.15, -0.1) is 0 Å². The molecule has 2 aromatic rings. The third-order valence-electron chi connectivity index (χ3n) is 3.24. The van der Waals surface area contributed by atoms with Crippen molar-refractivity contribution in [2.24, 2.45) is 0 Å². The molecule has 2 rings (SSSR count). The van der Waals surface area contributed by atoms with Crippen molar-refractivity contribution < 1.29 is 9.53 Å². The molecular weight excluding hydrogens is 274 g/mol. The molecule has 0 radical (unpaired) electrons. The first-order valence-electron chi connectivity index (χ1n) is 7.21. The summed E-state index contributed by atoms with van der Waals surface area (Å²) in [5, 5.41) is 2.94. The van der Waals surface area contributed by atoms with E-state index in [2.05, 4.69) is 11.9 Å². The van der Waals surface area contributed by atoms with E-state index < -0.39 is 0 Å². The molecule has 0 heterocycles.